The predicted octanol–water partition coefficient (Wildman–Crippen LogP) is 0.414. The molecule has 0 aliphatic heterocycles. The molecule has 1 atom stereocenters. The van der Waals surface area contributed by atoms with Crippen molar-refractivity contribution in [2.24, 2.45) is 0 Å². The second-order valence-corrected chi connectivity index (χ2v) is 2.76. The summed E-state index contributed by atoms with van der Waals surface area (Å²) in [5.41, 5.74) is 0. The van der Waals surface area contributed by atoms with Gasteiger partial charge < -0.3 is 10.3 Å². The van der Waals surface area contributed by atoms with Crippen LogP contribution in [0, 0.1) is 10.1 Å². The molecule has 0 radical (unpaired) electrons. The predicted molar refractivity (Wildman–Crippen MR) is 34.3 cm³/mol. The van der Waals surface area contributed by atoms with Crippen LogP contribution < -0.4 is 0 Å². The first-order chi connectivity index (χ1) is 4.00. The minimum absolute atomic E-state index is 0.222. The molecule has 0 aliphatic carbocycles. The van der Waals surface area contributed by atoms with Gasteiger partial charge in [0.05, 0.1) is 6.61 Å². The lowest BCUT2D eigenvalue weighted by Crippen LogP contribution is -1.93. The van der Waals surface area contributed by atoms with Crippen LogP contribution in [0.3, 0.4) is 0 Å². The quantitative estimate of drug-likeness (QED) is 0.366. The van der Waals surface area contributed by atoms with Gasteiger partial charge in [-0.15, -0.1) is 10.1 Å². The van der Waals surface area contributed by atoms with Gasteiger partial charge in [-0.2, -0.15) is 0 Å². The van der Waals surface area contributed by atoms with Crippen LogP contribution in [0.2, 0.25) is 0 Å². The second kappa shape index (κ2) is 7.64. The molecule has 0 fully saturated rings. The van der Waals surface area contributed by atoms with Gasteiger partial charge in [0, 0.05) is 4.83 Å². The van der Waals surface area contributed by atoms with Crippen LogP contribution in [0.15, 0.2) is 0 Å². The molecule has 0 amide bonds. The first-order valence-corrected chi connectivity index (χ1v) is 3.00. The summed E-state index contributed by atoms with van der Waals surface area (Å²) < 4.78 is 0. The molecule has 0 aromatic carbocycles. The average Bonchev–Trinajstić information content (AvgIpc) is 1.65. The maximum Gasteiger partial charge on any atom is 0.291 e. The Kier molecular flexibility index (Phi) is 9.71. The van der Waals surface area contributed by atoms with Crippen molar-refractivity contribution in [1.82, 2.24) is 0 Å². The fourth-order valence-corrected chi connectivity index (χ4v) is 0. The molecule has 0 heterocycles. The first-order valence-electron chi connectivity index (χ1n) is 2.09. The van der Waals surface area contributed by atoms with Gasteiger partial charge in [0.25, 0.3) is 5.09 Å². The minimum Gasteiger partial charge on any atom is -0.395 e. The molecule has 0 saturated heterocycles. The van der Waals surface area contributed by atoms with E-state index in [-0.39, 0.29) is 11.4 Å². The molecule has 0 rings (SSSR count). The molecule has 0 spiro atoms. The van der Waals surface area contributed by atoms with Crippen molar-refractivity contribution in [1.29, 1.82) is 0 Å². The van der Waals surface area contributed by atoms with Crippen LogP contribution in [0.1, 0.15) is 6.92 Å². The Morgan fingerprint density at radius 1 is 1.89 bits per heavy atom. The number of aliphatic hydroxyl groups excluding tert-OH is 1. The van der Waals surface area contributed by atoms with Crippen LogP contribution in [0.4, 0.5) is 0 Å². The number of rotatable bonds is 1. The summed E-state index contributed by atoms with van der Waals surface area (Å²) in [5.74, 6) is 0. The Hall–Kier alpha value is -0.360. The average molecular weight is 202 g/mol. The zero-order chi connectivity index (χ0) is 7.86. The van der Waals surface area contributed by atoms with Crippen molar-refractivity contribution in [3.63, 3.8) is 0 Å². The number of aliphatic hydroxyl groups is 1. The van der Waals surface area contributed by atoms with Crippen molar-refractivity contribution in [2.75, 3.05) is 6.61 Å². The van der Waals surface area contributed by atoms with Crippen LogP contribution in [-0.4, -0.2) is 26.8 Å². The molecule has 2 N–H and O–H groups in total. The van der Waals surface area contributed by atoms with Crippen LogP contribution in [-0.2, 0) is 0 Å². The van der Waals surface area contributed by atoms with E-state index < -0.39 is 5.09 Å². The van der Waals surface area contributed by atoms with E-state index in [1.54, 1.807) is 0 Å². The highest BCUT2D eigenvalue weighted by Gasteiger charge is 1.84. The second-order valence-electron chi connectivity index (χ2n) is 1.20. The Balaban J connectivity index is 0. The maximum atomic E-state index is 8.36. The van der Waals surface area contributed by atoms with E-state index in [0.717, 1.165) is 0 Å². The number of nitrogens with zero attached hydrogens (tertiary/aromatic N) is 1. The fraction of sp³-hybridized carbons (Fsp3) is 1.00. The Morgan fingerprint density at radius 3 is 2.00 bits per heavy atom. The van der Waals surface area contributed by atoms with E-state index in [2.05, 4.69) is 15.9 Å². The molecule has 0 unspecified atom stereocenters. The van der Waals surface area contributed by atoms with E-state index in [1.165, 1.54) is 0 Å². The number of hydrogen-bond donors (Lipinski definition) is 2. The molecule has 0 saturated carbocycles. The summed E-state index contributed by atoms with van der Waals surface area (Å²) in [6.45, 7) is 2.11. The SMILES string of the molecule is C[C@H](Br)CO.O=[N+]([O-])O. The van der Waals surface area contributed by atoms with Gasteiger partial charge in [-0.1, -0.05) is 22.9 Å². The standard InChI is InChI=1S/C3H7BrO.HNO3/c1-3(4)2-5;2-1(3)4/h3,5H,2H2,1H3;(H,2,3,4)/t3-;/m0./s1. The summed E-state index contributed by atoms with van der Waals surface area (Å²) in [7, 11) is 0. The van der Waals surface area contributed by atoms with Gasteiger partial charge in [-0.25, -0.2) is 0 Å². The van der Waals surface area contributed by atoms with Crippen LogP contribution in [0.25, 0.3) is 0 Å². The number of alkyl halides is 1. The third-order valence-electron chi connectivity index (χ3n) is 0.252. The highest BCUT2D eigenvalue weighted by atomic mass is 79.9. The summed E-state index contributed by atoms with van der Waals surface area (Å²) in [4.78, 5) is 8.61. The third-order valence-corrected chi connectivity index (χ3v) is 0.541. The zero-order valence-corrected chi connectivity index (χ0v) is 6.41. The summed E-state index contributed by atoms with van der Waals surface area (Å²) >= 11 is 3.12. The van der Waals surface area contributed by atoms with Gasteiger partial charge in [-0.3, -0.25) is 0 Å². The number of halogens is 1. The van der Waals surface area contributed by atoms with Crippen molar-refractivity contribution >= 4 is 15.9 Å². The molecule has 5 nitrogen and oxygen atoms in total. The Labute approximate surface area is 60.5 Å². The topological polar surface area (TPSA) is 83.6 Å². The molecule has 0 bridgehead atoms. The highest BCUT2D eigenvalue weighted by molar-refractivity contribution is 9.09. The fourth-order valence-electron chi connectivity index (χ4n) is 0. The van der Waals surface area contributed by atoms with Gasteiger partial charge in [0.15, 0.2) is 0 Å². The molecule has 9 heavy (non-hydrogen) atoms. The molecule has 0 aliphatic rings. The largest absolute Gasteiger partial charge is 0.395 e. The molecule has 56 valence electrons. The van der Waals surface area contributed by atoms with Crippen LogP contribution >= 0.6 is 15.9 Å². The smallest absolute Gasteiger partial charge is 0.291 e. The third kappa shape index (κ3) is 90.4. The van der Waals surface area contributed by atoms with Crippen molar-refractivity contribution in [3.05, 3.63) is 10.1 Å². The van der Waals surface area contributed by atoms with E-state index >= 15 is 0 Å². The number of hydrogen-bond acceptors (Lipinski definition) is 3. The lowest BCUT2D eigenvalue weighted by molar-refractivity contribution is -0.742. The first kappa shape index (κ1) is 11.4. The minimum atomic E-state index is -1.50. The molecule has 0 aromatic heterocycles. The zero-order valence-electron chi connectivity index (χ0n) is 4.82. The Morgan fingerprint density at radius 2 is 2.00 bits per heavy atom. The molecular formula is C3H8BrNO4. The van der Waals surface area contributed by atoms with Crippen molar-refractivity contribution < 1.29 is 15.4 Å². The van der Waals surface area contributed by atoms with E-state index in [0.29, 0.717) is 0 Å². The van der Waals surface area contributed by atoms with Crippen molar-refractivity contribution in [3.8, 4) is 0 Å². The van der Waals surface area contributed by atoms with Gasteiger partial charge in [-0.05, 0) is 0 Å². The van der Waals surface area contributed by atoms with E-state index in [4.69, 9.17) is 20.4 Å². The van der Waals surface area contributed by atoms with Gasteiger partial charge in [0.2, 0.25) is 0 Å². The summed E-state index contributed by atoms with van der Waals surface area (Å²) in [6.07, 6.45) is 0. The van der Waals surface area contributed by atoms with Crippen LogP contribution in [0.5, 0.6) is 0 Å². The van der Waals surface area contributed by atoms with Gasteiger partial charge >= 0.3 is 0 Å². The molecule has 0 aromatic rings. The normalized spacial score (nSPS) is 11.0. The van der Waals surface area contributed by atoms with E-state index in [1.807, 2.05) is 6.92 Å². The molecule has 6 heteroatoms. The summed E-state index contributed by atoms with van der Waals surface area (Å²) in [6, 6.07) is 0. The monoisotopic (exact) mass is 201 g/mol. The van der Waals surface area contributed by atoms with Crippen molar-refractivity contribution in [2.45, 2.75) is 11.8 Å². The highest BCUT2D eigenvalue weighted by Crippen LogP contribution is 1.91. The van der Waals surface area contributed by atoms with E-state index in [9.17, 15) is 0 Å². The lowest BCUT2D eigenvalue weighted by atomic mass is 10.5. The molecular weight excluding hydrogens is 194 g/mol. The van der Waals surface area contributed by atoms with Gasteiger partial charge in [0.1, 0.15) is 0 Å². The Bertz CT molecular complexity index is 72.2. The maximum absolute atomic E-state index is 8.36. The summed E-state index contributed by atoms with van der Waals surface area (Å²) in [5, 5.41) is 21.7. The lowest BCUT2D eigenvalue weighted by Gasteiger charge is -1.87.